The lowest BCUT2D eigenvalue weighted by Gasteiger charge is -2.06. The van der Waals surface area contributed by atoms with Crippen LogP contribution in [0.5, 0.6) is 0 Å². The fourth-order valence-corrected chi connectivity index (χ4v) is 0.518. The van der Waals surface area contributed by atoms with Crippen molar-refractivity contribution in [2.75, 3.05) is 7.05 Å². The normalized spacial score (nSPS) is 9.00. The lowest BCUT2D eigenvalue weighted by Crippen LogP contribution is -2.36. The monoisotopic (exact) mass is 143 g/mol. The summed E-state index contributed by atoms with van der Waals surface area (Å²) in [5.74, 6) is -2.05. The molecule has 0 aliphatic carbocycles. The van der Waals surface area contributed by atoms with Gasteiger partial charge in [0, 0.05) is 0 Å². The molecule has 0 aromatic rings. The maximum Gasteiger partial charge on any atom is 0.329 e. The molecule has 0 rings (SSSR count). The predicted octanol–water partition coefficient (Wildman–Crippen LogP) is -1.02. The van der Waals surface area contributed by atoms with E-state index in [9.17, 15) is 9.59 Å². The first-order chi connectivity index (χ1) is 4.52. The van der Waals surface area contributed by atoms with Crippen LogP contribution in [0.4, 0.5) is 9.59 Å². The minimum absolute atomic E-state index is 0.244. The number of carbonyl (C=O) groups is 2. The summed E-state index contributed by atoms with van der Waals surface area (Å²) in [6, 6.07) is 0. The molecule has 7 heteroatoms. The Morgan fingerprint density at radius 3 is 1.70 bits per heavy atom. The summed E-state index contributed by atoms with van der Waals surface area (Å²) in [4.78, 5) is 19.9. The van der Waals surface area contributed by atoms with Crippen molar-refractivity contribution in [3.8, 4) is 0 Å². The summed E-state index contributed by atoms with van der Waals surface area (Å²) in [7, 11) is 0.945. The van der Waals surface area contributed by atoms with Crippen LogP contribution >= 0.6 is 0 Å². The Morgan fingerprint density at radius 1 is 1.20 bits per heavy atom. The van der Waals surface area contributed by atoms with E-state index in [-0.39, 0.29) is 14.8 Å². The van der Waals surface area contributed by atoms with E-state index in [0.29, 0.717) is 0 Å². The van der Waals surface area contributed by atoms with Crippen molar-refractivity contribution in [2.24, 2.45) is 0 Å². The van der Waals surface area contributed by atoms with Gasteiger partial charge in [-0.25, -0.2) is 0 Å². The van der Waals surface area contributed by atoms with Crippen molar-refractivity contribution in [1.82, 2.24) is 4.72 Å². The van der Waals surface area contributed by atoms with Crippen molar-refractivity contribution in [2.45, 2.75) is 0 Å². The Balaban J connectivity index is 3.53. The molecule has 0 unspecified atom stereocenters. The van der Waals surface area contributed by atoms with E-state index in [2.05, 4.69) is 0 Å². The first-order valence-corrected chi connectivity index (χ1v) is 2.64. The molecule has 0 aliphatic rings. The molecular formula is C3H7B2NO4. The molecule has 0 amide bonds. The van der Waals surface area contributed by atoms with Crippen LogP contribution in [0.15, 0.2) is 0 Å². The summed E-state index contributed by atoms with van der Waals surface area (Å²) in [6.07, 6.45) is 0. The zero-order valence-electron chi connectivity index (χ0n) is 5.57. The van der Waals surface area contributed by atoms with Gasteiger partial charge in [-0.05, 0) is 7.05 Å². The minimum Gasteiger partial charge on any atom is -0.488 e. The van der Waals surface area contributed by atoms with Gasteiger partial charge in [0.15, 0.2) is 0 Å². The molecule has 0 saturated carbocycles. The van der Waals surface area contributed by atoms with E-state index >= 15 is 0 Å². The van der Waals surface area contributed by atoms with Crippen molar-refractivity contribution in [3.63, 3.8) is 0 Å². The van der Waals surface area contributed by atoms with Gasteiger partial charge >= 0.3 is 14.8 Å². The smallest absolute Gasteiger partial charge is 0.329 e. The number of nitrogens with zero attached hydrogens (tertiary/aromatic N) is 1. The molecule has 0 fully saturated rings. The zero-order valence-corrected chi connectivity index (χ0v) is 5.57. The van der Waals surface area contributed by atoms with E-state index in [0.717, 1.165) is 0 Å². The molecule has 0 aromatic carbocycles. The quantitative estimate of drug-likeness (QED) is 0.492. The van der Waals surface area contributed by atoms with Gasteiger partial charge in [-0.2, -0.15) is 0 Å². The van der Waals surface area contributed by atoms with Crippen LogP contribution in [-0.4, -0.2) is 48.5 Å². The largest absolute Gasteiger partial charge is 0.488 e. The highest BCUT2D eigenvalue weighted by Crippen LogP contribution is 1.76. The van der Waals surface area contributed by atoms with Gasteiger partial charge in [0.2, 0.25) is 0 Å². The van der Waals surface area contributed by atoms with Crippen LogP contribution in [0.1, 0.15) is 0 Å². The third kappa shape index (κ3) is 5.17. The van der Waals surface area contributed by atoms with Crippen molar-refractivity contribution >= 4 is 26.6 Å². The number of hydrogen-bond acceptors (Lipinski definition) is 3. The molecule has 0 aliphatic heterocycles. The van der Waals surface area contributed by atoms with Gasteiger partial charge in [0.05, 0.1) is 0 Å². The van der Waals surface area contributed by atoms with Gasteiger partial charge < -0.3 is 14.9 Å². The van der Waals surface area contributed by atoms with E-state index in [1.165, 1.54) is 11.8 Å². The summed E-state index contributed by atoms with van der Waals surface area (Å²) in [5.41, 5.74) is 0. The summed E-state index contributed by atoms with van der Waals surface area (Å²) in [6.45, 7) is 0. The van der Waals surface area contributed by atoms with Gasteiger partial charge in [-0.1, -0.05) is 0 Å². The van der Waals surface area contributed by atoms with Gasteiger partial charge in [-0.15, -0.1) is 0 Å². The molecule has 0 heterocycles. The fourth-order valence-electron chi connectivity index (χ4n) is 0.518. The minimum atomic E-state index is -1.02. The first kappa shape index (κ1) is 9.03. The lowest BCUT2D eigenvalue weighted by atomic mass is 9.78. The second kappa shape index (κ2) is 3.94. The van der Waals surface area contributed by atoms with E-state index < -0.39 is 11.7 Å². The maximum absolute atomic E-state index is 9.96. The summed E-state index contributed by atoms with van der Waals surface area (Å²) >= 11 is 0. The molecule has 0 spiro atoms. The third-order valence-electron chi connectivity index (χ3n) is 0.810. The molecular weight excluding hydrogens is 136 g/mol. The maximum atomic E-state index is 9.96. The number of rotatable bonds is 4. The molecule has 2 N–H and O–H groups in total. The van der Waals surface area contributed by atoms with Crippen LogP contribution in [0.2, 0.25) is 0 Å². The standard InChI is InChI=1S/C3H7B2NO4/c1-6(4-2(7)8)5-3(9)10/h4-5H,1H3,(H,7,8)(H,9,10). The Bertz CT molecular complexity index is 133. The number of hydrogen-bond donors (Lipinski definition) is 2. The Labute approximate surface area is 59.2 Å². The fraction of sp³-hybridized carbons (Fsp3) is 0.333. The van der Waals surface area contributed by atoms with Crippen LogP contribution in [0.25, 0.3) is 0 Å². The summed E-state index contributed by atoms with van der Waals surface area (Å²) < 4.78 is 1.20. The van der Waals surface area contributed by atoms with Crippen molar-refractivity contribution in [3.05, 3.63) is 0 Å². The van der Waals surface area contributed by atoms with Gasteiger partial charge in [0.1, 0.15) is 0 Å². The van der Waals surface area contributed by atoms with Gasteiger partial charge in [-0.3, -0.25) is 9.59 Å². The van der Waals surface area contributed by atoms with Crippen LogP contribution in [0, 0.1) is 0 Å². The van der Waals surface area contributed by atoms with E-state index in [1.54, 1.807) is 0 Å². The zero-order chi connectivity index (χ0) is 8.15. The molecule has 0 radical (unpaired) electrons. The highest BCUT2D eigenvalue weighted by Gasteiger charge is 2.12. The summed E-state index contributed by atoms with van der Waals surface area (Å²) in [5, 5.41) is 16.3. The molecule has 0 atom stereocenters. The molecule has 10 heavy (non-hydrogen) atoms. The van der Waals surface area contributed by atoms with Crippen LogP contribution in [0.3, 0.4) is 0 Å². The van der Waals surface area contributed by atoms with E-state index in [4.69, 9.17) is 10.2 Å². The van der Waals surface area contributed by atoms with Crippen molar-refractivity contribution < 1.29 is 19.8 Å². The van der Waals surface area contributed by atoms with Crippen LogP contribution < -0.4 is 0 Å². The van der Waals surface area contributed by atoms with Crippen LogP contribution in [-0.2, 0) is 0 Å². The Morgan fingerprint density at radius 2 is 1.50 bits per heavy atom. The molecule has 0 aromatic heterocycles. The molecule has 0 bridgehead atoms. The predicted molar refractivity (Wildman–Crippen MR) is 38.1 cm³/mol. The lowest BCUT2D eigenvalue weighted by molar-refractivity contribution is 0.218. The Kier molecular flexibility index (Phi) is 3.56. The second-order valence-corrected chi connectivity index (χ2v) is 1.96. The highest BCUT2D eigenvalue weighted by molar-refractivity contribution is 6.82. The topological polar surface area (TPSA) is 77.8 Å². The highest BCUT2D eigenvalue weighted by atomic mass is 16.4. The molecule has 5 nitrogen and oxygen atoms in total. The average molecular weight is 143 g/mol. The molecule has 0 saturated heterocycles. The van der Waals surface area contributed by atoms with Crippen molar-refractivity contribution in [1.29, 1.82) is 0 Å². The molecule has 54 valence electrons. The first-order valence-electron chi connectivity index (χ1n) is 2.64. The number of carboxylic acid groups (broad SMARTS) is 2. The Hall–Kier alpha value is -0.970. The average Bonchev–Trinajstić information content (AvgIpc) is 1.58. The van der Waals surface area contributed by atoms with E-state index in [1.807, 2.05) is 0 Å². The van der Waals surface area contributed by atoms with Gasteiger partial charge in [0.25, 0.3) is 11.7 Å². The third-order valence-corrected chi connectivity index (χ3v) is 0.810. The SMILES string of the molecule is CN(BC(=O)O)BC(=O)O. The second-order valence-electron chi connectivity index (χ2n) is 1.96.